The SMILES string of the molecule is O=C1CCC2=c3nc4ccccn4c3=CCC2=C1C(=O)Nc1ccccc1F. The van der Waals surface area contributed by atoms with Crippen molar-refractivity contribution in [1.29, 1.82) is 0 Å². The van der Waals surface area contributed by atoms with Gasteiger partial charge in [-0.2, -0.15) is 0 Å². The molecule has 28 heavy (non-hydrogen) atoms. The van der Waals surface area contributed by atoms with Gasteiger partial charge in [0.05, 0.1) is 22.0 Å². The first-order valence-corrected chi connectivity index (χ1v) is 9.12. The molecule has 1 aromatic carbocycles. The first-order chi connectivity index (χ1) is 13.6. The molecule has 0 fully saturated rings. The number of Topliss-reactive ketones (excluding diaryl/α,β-unsaturated/α-hetero) is 1. The minimum atomic E-state index is -0.567. The number of nitrogens with zero attached hydrogens (tertiary/aromatic N) is 2. The number of halogens is 1. The lowest BCUT2D eigenvalue weighted by molar-refractivity contribution is -0.120. The van der Waals surface area contributed by atoms with Crippen molar-refractivity contribution in [3.05, 3.63) is 76.3 Å². The number of carbonyl (C=O) groups is 2. The molecule has 0 spiro atoms. The Morgan fingerprint density at radius 3 is 2.75 bits per heavy atom. The third-order valence-corrected chi connectivity index (χ3v) is 5.25. The van der Waals surface area contributed by atoms with Gasteiger partial charge in [0.2, 0.25) is 0 Å². The minimum Gasteiger partial charge on any atom is -0.319 e. The van der Waals surface area contributed by atoms with Crippen molar-refractivity contribution in [3.8, 4) is 0 Å². The van der Waals surface area contributed by atoms with Crippen LogP contribution in [0.1, 0.15) is 19.3 Å². The van der Waals surface area contributed by atoms with Crippen LogP contribution in [0.4, 0.5) is 10.1 Å². The molecule has 6 heteroatoms. The molecule has 2 aliphatic carbocycles. The molecule has 0 saturated carbocycles. The normalized spacial score (nSPS) is 15.9. The molecule has 0 aliphatic heterocycles. The van der Waals surface area contributed by atoms with E-state index >= 15 is 0 Å². The van der Waals surface area contributed by atoms with Gasteiger partial charge in [-0.15, -0.1) is 0 Å². The fraction of sp³-hybridized carbons (Fsp3) is 0.136. The fourth-order valence-corrected chi connectivity index (χ4v) is 3.96. The predicted molar refractivity (Wildman–Crippen MR) is 103 cm³/mol. The van der Waals surface area contributed by atoms with Crippen molar-refractivity contribution in [2.24, 2.45) is 0 Å². The van der Waals surface area contributed by atoms with Crippen molar-refractivity contribution in [2.75, 3.05) is 5.32 Å². The monoisotopic (exact) mass is 373 g/mol. The highest BCUT2D eigenvalue weighted by Gasteiger charge is 2.31. The summed E-state index contributed by atoms with van der Waals surface area (Å²) in [7, 11) is 0. The third kappa shape index (κ3) is 2.49. The highest BCUT2D eigenvalue weighted by Crippen LogP contribution is 2.32. The molecule has 3 aromatic rings. The second-order valence-electron chi connectivity index (χ2n) is 6.87. The number of rotatable bonds is 2. The van der Waals surface area contributed by atoms with E-state index in [0.717, 1.165) is 21.9 Å². The summed E-state index contributed by atoms with van der Waals surface area (Å²) >= 11 is 0. The summed E-state index contributed by atoms with van der Waals surface area (Å²) in [6.07, 6.45) is 5.20. The van der Waals surface area contributed by atoms with Crippen molar-refractivity contribution in [2.45, 2.75) is 19.3 Å². The predicted octanol–water partition coefficient (Wildman–Crippen LogP) is 2.11. The van der Waals surface area contributed by atoms with E-state index in [9.17, 15) is 14.0 Å². The number of hydrogen-bond acceptors (Lipinski definition) is 3. The Bertz CT molecular complexity index is 1320. The molecule has 1 amide bonds. The number of nitrogens with one attached hydrogen (secondary N) is 1. The highest BCUT2D eigenvalue weighted by atomic mass is 19.1. The van der Waals surface area contributed by atoms with Crippen molar-refractivity contribution < 1.29 is 14.0 Å². The molecule has 2 aromatic heterocycles. The largest absolute Gasteiger partial charge is 0.319 e. The molecule has 0 saturated heterocycles. The maximum Gasteiger partial charge on any atom is 0.259 e. The lowest BCUT2D eigenvalue weighted by Crippen LogP contribution is -2.36. The van der Waals surface area contributed by atoms with Crippen LogP contribution in [0, 0.1) is 5.82 Å². The number of anilines is 1. The zero-order chi connectivity index (χ0) is 19.3. The summed E-state index contributed by atoms with van der Waals surface area (Å²) in [4.78, 5) is 30.2. The van der Waals surface area contributed by atoms with Crippen LogP contribution in [-0.4, -0.2) is 21.1 Å². The molecule has 0 atom stereocenters. The number of imidazole rings is 1. The van der Waals surface area contributed by atoms with Gasteiger partial charge >= 0.3 is 0 Å². The number of benzene rings is 1. The lowest BCUT2D eigenvalue weighted by atomic mass is 9.82. The van der Waals surface area contributed by atoms with Gasteiger partial charge in [-0.3, -0.25) is 14.0 Å². The van der Waals surface area contributed by atoms with Crippen LogP contribution < -0.4 is 16.0 Å². The van der Waals surface area contributed by atoms with Crippen LogP contribution in [0.3, 0.4) is 0 Å². The van der Waals surface area contributed by atoms with Gasteiger partial charge in [0, 0.05) is 12.6 Å². The van der Waals surface area contributed by atoms with Crippen LogP contribution in [-0.2, 0) is 9.59 Å². The molecule has 0 unspecified atom stereocenters. The molecule has 2 heterocycles. The molecule has 0 radical (unpaired) electrons. The molecular formula is C22H16FN3O2. The number of ketones is 1. The van der Waals surface area contributed by atoms with Gasteiger partial charge in [-0.1, -0.05) is 24.3 Å². The lowest BCUT2D eigenvalue weighted by Gasteiger charge is -2.22. The maximum absolute atomic E-state index is 13.9. The van der Waals surface area contributed by atoms with Gasteiger partial charge in [-0.25, -0.2) is 9.37 Å². The summed E-state index contributed by atoms with van der Waals surface area (Å²) in [5.41, 5.74) is 2.63. The summed E-state index contributed by atoms with van der Waals surface area (Å²) < 4.78 is 15.9. The van der Waals surface area contributed by atoms with Gasteiger partial charge in [0.15, 0.2) is 5.78 Å². The number of fused-ring (bicyclic) bond motifs is 4. The van der Waals surface area contributed by atoms with Crippen molar-refractivity contribution >= 4 is 34.7 Å². The number of carbonyl (C=O) groups excluding carboxylic acids is 2. The van der Waals surface area contributed by atoms with Crippen LogP contribution in [0.15, 0.2) is 59.8 Å². The maximum atomic E-state index is 13.9. The van der Waals surface area contributed by atoms with Gasteiger partial charge < -0.3 is 5.32 Å². The van der Waals surface area contributed by atoms with Gasteiger partial charge in [0.1, 0.15) is 11.5 Å². The smallest absolute Gasteiger partial charge is 0.259 e. The van der Waals surface area contributed by atoms with E-state index < -0.39 is 11.7 Å². The van der Waals surface area contributed by atoms with Crippen molar-refractivity contribution in [3.63, 3.8) is 0 Å². The van der Waals surface area contributed by atoms with E-state index in [1.807, 2.05) is 34.9 Å². The Balaban J connectivity index is 1.67. The van der Waals surface area contributed by atoms with Crippen LogP contribution >= 0.6 is 0 Å². The Hall–Kier alpha value is -3.54. The van der Waals surface area contributed by atoms with E-state index in [0.29, 0.717) is 18.4 Å². The molecule has 138 valence electrons. The van der Waals surface area contributed by atoms with E-state index in [2.05, 4.69) is 5.32 Å². The highest BCUT2D eigenvalue weighted by molar-refractivity contribution is 6.26. The van der Waals surface area contributed by atoms with Crippen LogP contribution in [0.2, 0.25) is 0 Å². The number of pyridine rings is 1. The molecule has 2 aliphatic rings. The summed E-state index contributed by atoms with van der Waals surface area (Å²) in [6, 6.07) is 11.7. The Morgan fingerprint density at radius 1 is 1.07 bits per heavy atom. The Kier molecular flexibility index (Phi) is 3.72. The number of allylic oxidation sites excluding steroid dienone is 1. The standard InChI is InChI=1S/C22H16FN3O2/c23-15-5-1-2-6-16(15)24-22(28)20-13-8-10-17-21(14(13)9-11-18(20)27)25-19-7-3-4-12-26(17)19/h1-7,10,12H,8-9,11H2,(H,24,28). The zero-order valence-corrected chi connectivity index (χ0v) is 14.9. The average Bonchev–Trinajstić information content (AvgIpc) is 3.08. The minimum absolute atomic E-state index is 0.0636. The molecular weight excluding hydrogens is 357 g/mol. The number of para-hydroxylation sites is 1. The summed E-state index contributed by atoms with van der Waals surface area (Å²) in [5, 5.41) is 4.35. The van der Waals surface area contributed by atoms with Gasteiger partial charge in [-0.05, 0) is 48.3 Å². The second kappa shape index (κ2) is 6.27. The first-order valence-electron chi connectivity index (χ1n) is 9.12. The number of amides is 1. The van der Waals surface area contributed by atoms with Crippen LogP contribution in [0.5, 0.6) is 0 Å². The number of aromatic nitrogens is 2. The topological polar surface area (TPSA) is 63.5 Å². The van der Waals surface area contributed by atoms with E-state index in [1.165, 1.54) is 12.1 Å². The summed E-state index contributed by atoms with van der Waals surface area (Å²) in [5.74, 6) is -1.32. The average molecular weight is 373 g/mol. The van der Waals surface area contributed by atoms with E-state index in [1.54, 1.807) is 12.1 Å². The molecule has 0 bridgehead atoms. The Labute approximate surface area is 159 Å². The van der Waals surface area contributed by atoms with Crippen molar-refractivity contribution in [1.82, 2.24) is 9.38 Å². The quantitative estimate of drug-likeness (QED) is 0.700. The molecule has 5 nitrogen and oxygen atoms in total. The zero-order valence-electron chi connectivity index (χ0n) is 14.9. The van der Waals surface area contributed by atoms with E-state index in [4.69, 9.17) is 4.98 Å². The molecule has 1 N–H and O–H groups in total. The van der Waals surface area contributed by atoms with Gasteiger partial charge in [0.25, 0.3) is 5.91 Å². The second-order valence-corrected chi connectivity index (χ2v) is 6.87. The van der Waals surface area contributed by atoms with E-state index in [-0.39, 0.29) is 23.5 Å². The Morgan fingerprint density at radius 2 is 1.89 bits per heavy atom. The first kappa shape index (κ1) is 16.6. The summed E-state index contributed by atoms with van der Waals surface area (Å²) in [6.45, 7) is 0. The molecule has 5 rings (SSSR count). The van der Waals surface area contributed by atoms with Crippen LogP contribution in [0.25, 0.3) is 17.3 Å². The fourth-order valence-electron chi connectivity index (χ4n) is 3.96. The third-order valence-electron chi connectivity index (χ3n) is 5.25. The number of hydrogen-bond donors (Lipinski definition) is 1.